The SMILES string of the molecule is NCc1ccccc1CCC=O. The summed E-state index contributed by atoms with van der Waals surface area (Å²) < 4.78 is 0. The molecular weight excluding hydrogens is 150 g/mol. The van der Waals surface area contributed by atoms with E-state index >= 15 is 0 Å². The maximum absolute atomic E-state index is 10.1. The summed E-state index contributed by atoms with van der Waals surface area (Å²) in [6.45, 7) is 0.551. The van der Waals surface area contributed by atoms with E-state index in [0.717, 1.165) is 18.3 Å². The molecule has 0 spiro atoms. The molecule has 0 saturated carbocycles. The van der Waals surface area contributed by atoms with Crippen LogP contribution < -0.4 is 5.73 Å². The highest BCUT2D eigenvalue weighted by molar-refractivity contribution is 5.50. The number of hydrogen-bond donors (Lipinski definition) is 1. The predicted octanol–water partition coefficient (Wildman–Crippen LogP) is 1.28. The van der Waals surface area contributed by atoms with Crippen LogP contribution in [0.3, 0.4) is 0 Å². The van der Waals surface area contributed by atoms with E-state index in [4.69, 9.17) is 5.73 Å². The molecular formula is C10H13NO. The van der Waals surface area contributed by atoms with E-state index in [1.165, 1.54) is 5.56 Å². The van der Waals surface area contributed by atoms with Crippen LogP contribution in [0.25, 0.3) is 0 Å². The number of benzene rings is 1. The van der Waals surface area contributed by atoms with Crippen LogP contribution in [0.1, 0.15) is 17.5 Å². The normalized spacial score (nSPS) is 9.75. The van der Waals surface area contributed by atoms with Gasteiger partial charge in [-0.15, -0.1) is 0 Å². The zero-order valence-corrected chi connectivity index (χ0v) is 6.99. The van der Waals surface area contributed by atoms with Crippen LogP contribution in [0.4, 0.5) is 0 Å². The molecule has 2 heteroatoms. The second-order valence-electron chi connectivity index (χ2n) is 2.68. The maximum Gasteiger partial charge on any atom is 0.120 e. The Bertz CT molecular complexity index is 258. The number of hydrogen-bond acceptors (Lipinski definition) is 2. The first-order valence-electron chi connectivity index (χ1n) is 4.09. The van der Waals surface area contributed by atoms with Gasteiger partial charge < -0.3 is 10.5 Å². The molecule has 2 nitrogen and oxygen atoms in total. The van der Waals surface area contributed by atoms with Gasteiger partial charge in [-0.2, -0.15) is 0 Å². The molecule has 0 aliphatic rings. The lowest BCUT2D eigenvalue weighted by Gasteiger charge is -2.04. The van der Waals surface area contributed by atoms with Crippen molar-refractivity contribution >= 4 is 6.29 Å². The second kappa shape index (κ2) is 4.67. The van der Waals surface area contributed by atoms with E-state index in [0.29, 0.717) is 13.0 Å². The number of aryl methyl sites for hydroxylation is 1. The van der Waals surface area contributed by atoms with Crippen molar-refractivity contribution < 1.29 is 4.79 Å². The van der Waals surface area contributed by atoms with Gasteiger partial charge in [-0.25, -0.2) is 0 Å². The van der Waals surface area contributed by atoms with Crippen molar-refractivity contribution in [3.8, 4) is 0 Å². The molecule has 0 radical (unpaired) electrons. The van der Waals surface area contributed by atoms with Crippen molar-refractivity contribution in [3.63, 3.8) is 0 Å². The standard InChI is InChI=1S/C10H13NO/c11-8-10-5-2-1-4-9(10)6-3-7-12/h1-2,4-5,7H,3,6,8,11H2. The zero-order valence-electron chi connectivity index (χ0n) is 6.99. The molecule has 0 atom stereocenters. The van der Waals surface area contributed by atoms with Crippen molar-refractivity contribution in [1.29, 1.82) is 0 Å². The smallest absolute Gasteiger partial charge is 0.120 e. The van der Waals surface area contributed by atoms with Crippen molar-refractivity contribution in [2.24, 2.45) is 5.73 Å². The largest absolute Gasteiger partial charge is 0.326 e. The Morgan fingerprint density at radius 2 is 1.92 bits per heavy atom. The molecule has 0 amide bonds. The van der Waals surface area contributed by atoms with E-state index in [9.17, 15) is 4.79 Å². The van der Waals surface area contributed by atoms with Gasteiger partial charge in [0.25, 0.3) is 0 Å². The molecule has 0 bridgehead atoms. The molecule has 1 aromatic carbocycles. The summed E-state index contributed by atoms with van der Waals surface area (Å²) in [7, 11) is 0. The minimum absolute atomic E-state index is 0.551. The molecule has 0 heterocycles. The molecule has 0 aromatic heterocycles. The molecule has 1 rings (SSSR count). The lowest BCUT2D eigenvalue weighted by Crippen LogP contribution is -2.01. The Labute approximate surface area is 72.4 Å². The molecule has 64 valence electrons. The molecule has 12 heavy (non-hydrogen) atoms. The first kappa shape index (κ1) is 8.94. The lowest BCUT2D eigenvalue weighted by molar-refractivity contribution is -0.107. The highest BCUT2D eigenvalue weighted by Gasteiger charge is 1.97. The minimum atomic E-state index is 0.551. The topological polar surface area (TPSA) is 43.1 Å². The summed E-state index contributed by atoms with van der Waals surface area (Å²) in [4.78, 5) is 10.1. The third-order valence-corrected chi connectivity index (χ3v) is 1.87. The first-order chi connectivity index (χ1) is 5.88. The van der Waals surface area contributed by atoms with E-state index in [1.807, 2.05) is 24.3 Å². The van der Waals surface area contributed by atoms with Gasteiger partial charge in [0.2, 0.25) is 0 Å². The highest BCUT2D eigenvalue weighted by atomic mass is 16.1. The Hall–Kier alpha value is -1.15. The Morgan fingerprint density at radius 1 is 1.25 bits per heavy atom. The van der Waals surface area contributed by atoms with Crippen molar-refractivity contribution in [2.75, 3.05) is 0 Å². The van der Waals surface area contributed by atoms with Gasteiger partial charge >= 0.3 is 0 Å². The van der Waals surface area contributed by atoms with Crippen molar-refractivity contribution in [1.82, 2.24) is 0 Å². The van der Waals surface area contributed by atoms with Crippen LogP contribution in [0.5, 0.6) is 0 Å². The van der Waals surface area contributed by atoms with Crippen LogP contribution in [-0.2, 0) is 17.8 Å². The number of carbonyl (C=O) groups is 1. The van der Waals surface area contributed by atoms with Gasteiger partial charge in [0.15, 0.2) is 0 Å². The molecule has 0 saturated heterocycles. The average Bonchev–Trinajstić information content (AvgIpc) is 2.15. The average molecular weight is 163 g/mol. The monoisotopic (exact) mass is 163 g/mol. The number of carbonyl (C=O) groups excluding carboxylic acids is 1. The van der Waals surface area contributed by atoms with Gasteiger partial charge in [-0.1, -0.05) is 24.3 Å². The Balaban J connectivity index is 2.74. The van der Waals surface area contributed by atoms with Crippen LogP contribution >= 0.6 is 0 Å². The number of nitrogens with two attached hydrogens (primary N) is 1. The van der Waals surface area contributed by atoms with Gasteiger partial charge in [-0.3, -0.25) is 0 Å². The number of aldehydes is 1. The third-order valence-electron chi connectivity index (χ3n) is 1.87. The number of rotatable bonds is 4. The predicted molar refractivity (Wildman–Crippen MR) is 48.7 cm³/mol. The van der Waals surface area contributed by atoms with Crippen LogP contribution in [0, 0.1) is 0 Å². The first-order valence-corrected chi connectivity index (χ1v) is 4.09. The second-order valence-corrected chi connectivity index (χ2v) is 2.68. The van der Waals surface area contributed by atoms with E-state index in [2.05, 4.69) is 0 Å². The highest BCUT2D eigenvalue weighted by Crippen LogP contribution is 2.09. The Morgan fingerprint density at radius 3 is 2.50 bits per heavy atom. The minimum Gasteiger partial charge on any atom is -0.326 e. The van der Waals surface area contributed by atoms with E-state index in [1.54, 1.807) is 0 Å². The fraction of sp³-hybridized carbons (Fsp3) is 0.300. The molecule has 0 unspecified atom stereocenters. The van der Waals surface area contributed by atoms with Gasteiger partial charge in [0.1, 0.15) is 6.29 Å². The molecule has 2 N–H and O–H groups in total. The summed E-state index contributed by atoms with van der Waals surface area (Å²) in [5.41, 5.74) is 7.86. The van der Waals surface area contributed by atoms with Crippen LogP contribution in [0.2, 0.25) is 0 Å². The quantitative estimate of drug-likeness (QED) is 0.679. The summed E-state index contributed by atoms with van der Waals surface area (Å²) in [5, 5.41) is 0. The maximum atomic E-state index is 10.1. The summed E-state index contributed by atoms with van der Waals surface area (Å²) in [6, 6.07) is 7.96. The van der Waals surface area contributed by atoms with Gasteiger partial charge in [0, 0.05) is 13.0 Å². The molecule has 0 aliphatic heterocycles. The van der Waals surface area contributed by atoms with Crippen LogP contribution in [-0.4, -0.2) is 6.29 Å². The van der Waals surface area contributed by atoms with Gasteiger partial charge in [0.05, 0.1) is 0 Å². The molecule has 0 fully saturated rings. The summed E-state index contributed by atoms with van der Waals surface area (Å²) in [5.74, 6) is 0. The summed E-state index contributed by atoms with van der Waals surface area (Å²) >= 11 is 0. The van der Waals surface area contributed by atoms with E-state index in [-0.39, 0.29) is 0 Å². The fourth-order valence-electron chi connectivity index (χ4n) is 1.21. The van der Waals surface area contributed by atoms with Crippen LogP contribution in [0.15, 0.2) is 24.3 Å². The van der Waals surface area contributed by atoms with Crippen molar-refractivity contribution in [2.45, 2.75) is 19.4 Å². The molecule has 1 aromatic rings. The summed E-state index contributed by atoms with van der Waals surface area (Å²) in [6.07, 6.45) is 2.32. The van der Waals surface area contributed by atoms with E-state index < -0.39 is 0 Å². The Kier molecular flexibility index (Phi) is 3.48. The third kappa shape index (κ3) is 2.17. The zero-order chi connectivity index (χ0) is 8.81. The molecule has 0 aliphatic carbocycles. The van der Waals surface area contributed by atoms with Gasteiger partial charge in [-0.05, 0) is 17.5 Å². The fourth-order valence-corrected chi connectivity index (χ4v) is 1.21. The van der Waals surface area contributed by atoms with Crippen molar-refractivity contribution in [3.05, 3.63) is 35.4 Å². The lowest BCUT2D eigenvalue weighted by atomic mass is 10.0.